The van der Waals surface area contributed by atoms with Crippen molar-refractivity contribution in [3.05, 3.63) is 63.8 Å². The summed E-state index contributed by atoms with van der Waals surface area (Å²) in [5, 5.41) is 17.2. The van der Waals surface area contributed by atoms with Gasteiger partial charge >= 0.3 is 6.18 Å². The van der Waals surface area contributed by atoms with Gasteiger partial charge in [0.15, 0.2) is 6.10 Å². The SMILES string of the molecule is CC[C@H]1CN(c2ccc(Nc3ncc4c(n3)N(C)CN(c3c(Cl)cccc3Cl)C4=O)cc2C(O)C(F)(F)F)CCN1. The van der Waals surface area contributed by atoms with Crippen molar-refractivity contribution >= 4 is 57.9 Å². The van der Waals surface area contributed by atoms with Crippen molar-refractivity contribution in [1.82, 2.24) is 15.3 Å². The second kappa shape index (κ2) is 11.5. The smallest absolute Gasteiger partial charge is 0.379 e. The number of para-hydroxylation sites is 1. The van der Waals surface area contributed by atoms with Gasteiger partial charge in [0.05, 0.1) is 22.4 Å². The Hall–Kier alpha value is -3.32. The van der Waals surface area contributed by atoms with Crippen LogP contribution in [-0.4, -0.2) is 66.6 Å². The number of aromatic nitrogens is 2. The lowest BCUT2D eigenvalue weighted by Crippen LogP contribution is -2.50. The van der Waals surface area contributed by atoms with Crippen LogP contribution in [0.25, 0.3) is 0 Å². The van der Waals surface area contributed by atoms with Crippen LogP contribution in [0.5, 0.6) is 0 Å². The van der Waals surface area contributed by atoms with Crippen molar-refractivity contribution in [2.24, 2.45) is 0 Å². The number of halogens is 5. The normalized spacial score (nSPS) is 18.4. The fraction of sp³-hybridized carbons (Fsp3) is 0.370. The Morgan fingerprint density at radius 1 is 1.22 bits per heavy atom. The molecule has 3 aromatic rings. The third-order valence-corrected chi connectivity index (χ3v) is 7.75. The Bertz CT molecular complexity index is 1440. The molecule has 14 heteroatoms. The van der Waals surface area contributed by atoms with E-state index in [-0.39, 0.29) is 35.5 Å². The third kappa shape index (κ3) is 5.87. The first-order chi connectivity index (χ1) is 19.5. The Morgan fingerprint density at radius 3 is 2.63 bits per heavy atom. The molecule has 0 aliphatic carbocycles. The Morgan fingerprint density at radius 2 is 1.95 bits per heavy atom. The minimum Gasteiger partial charge on any atom is -0.379 e. The molecule has 1 saturated heterocycles. The molecule has 41 heavy (non-hydrogen) atoms. The van der Waals surface area contributed by atoms with E-state index < -0.39 is 18.2 Å². The molecule has 2 aliphatic heterocycles. The zero-order valence-corrected chi connectivity index (χ0v) is 23.7. The number of fused-ring (bicyclic) bond motifs is 1. The number of carbonyl (C=O) groups excluding carboxylic acids is 1. The van der Waals surface area contributed by atoms with Gasteiger partial charge in [0.25, 0.3) is 5.91 Å². The van der Waals surface area contributed by atoms with Crippen LogP contribution in [0, 0.1) is 0 Å². The molecule has 1 aromatic heterocycles. The summed E-state index contributed by atoms with van der Waals surface area (Å²) in [7, 11) is 1.73. The number of anilines is 5. The van der Waals surface area contributed by atoms with Gasteiger partial charge in [-0.15, -0.1) is 0 Å². The second-order valence-corrected chi connectivity index (χ2v) is 10.7. The van der Waals surface area contributed by atoms with Gasteiger partial charge < -0.3 is 25.5 Å². The zero-order chi connectivity index (χ0) is 29.5. The number of alkyl halides is 3. The van der Waals surface area contributed by atoms with Gasteiger partial charge in [-0.1, -0.05) is 36.2 Å². The fourth-order valence-corrected chi connectivity index (χ4v) is 5.65. The Balaban J connectivity index is 1.44. The Labute approximate surface area is 244 Å². The summed E-state index contributed by atoms with van der Waals surface area (Å²) in [5.74, 6) is -0.00689. The van der Waals surface area contributed by atoms with E-state index in [1.165, 1.54) is 17.2 Å². The van der Waals surface area contributed by atoms with E-state index in [1.54, 1.807) is 42.3 Å². The lowest BCUT2D eigenvalue weighted by molar-refractivity contribution is -0.206. The first-order valence-corrected chi connectivity index (χ1v) is 13.7. The van der Waals surface area contributed by atoms with Crippen molar-refractivity contribution in [3.8, 4) is 0 Å². The lowest BCUT2D eigenvalue weighted by Gasteiger charge is -2.37. The summed E-state index contributed by atoms with van der Waals surface area (Å²) in [5.41, 5.74) is 0.870. The summed E-state index contributed by atoms with van der Waals surface area (Å²) in [6.07, 6.45) is -5.37. The van der Waals surface area contributed by atoms with Gasteiger partial charge in [-0.05, 0) is 36.8 Å². The predicted octanol–water partition coefficient (Wildman–Crippen LogP) is 5.37. The Kier molecular flexibility index (Phi) is 8.20. The van der Waals surface area contributed by atoms with E-state index in [1.807, 2.05) is 11.8 Å². The van der Waals surface area contributed by atoms with E-state index in [0.717, 1.165) is 6.42 Å². The number of hydrogen-bond donors (Lipinski definition) is 3. The molecular weight excluding hydrogens is 582 g/mol. The monoisotopic (exact) mass is 609 g/mol. The number of hydrogen-bond acceptors (Lipinski definition) is 8. The third-order valence-electron chi connectivity index (χ3n) is 7.14. The number of nitrogens with zero attached hydrogens (tertiary/aromatic N) is 5. The second-order valence-electron chi connectivity index (χ2n) is 9.92. The maximum absolute atomic E-state index is 13.7. The van der Waals surface area contributed by atoms with Crippen LogP contribution in [0.15, 0.2) is 42.6 Å². The largest absolute Gasteiger partial charge is 0.418 e. The molecular formula is C27H28Cl2F3N7O2. The molecule has 3 heterocycles. The quantitative estimate of drug-likeness (QED) is 0.343. The molecule has 9 nitrogen and oxygen atoms in total. The van der Waals surface area contributed by atoms with E-state index in [4.69, 9.17) is 23.2 Å². The predicted molar refractivity (Wildman–Crippen MR) is 154 cm³/mol. The van der Waals surface area contributed by atoms with Gasteiger partial charge in [0.2, 0.25) is 5.95 Å². The summed E-state index contributed by atoms with van der Waals surface area (Å²) < 4.78 is 41.0. The van der Waals surface area contributed by atoms with Crippen molar-refractivity contribution in [2.45, 2.75) is 31.7 Å². The highest BCUT2D eigenvalue weighted by molar-refractivity contribution is 6.40. The molecule has 3 N–H and O–H groups in total. The molecule has 0 bridgehead atoms. The molecule has 1 fully saturated rings. The van der Waals surface area contributed by atoms with E-state index in [0.29, 0.717) is 46.9 Å². The van der Waals surface area contributed by atoms with Crippen LogP contribution in [0.2, 0.25) is 10.0 Å². The van der Waals surface area contributed by atoms with E-state index >= 15 is 0 Å². The summed E-state index contributed by atoms with van der Waals surface area (Å²) in [6, 6.07) is 9.51. The van der Waals surface area contributed by atoms with Gasteiger partial charge in [0, 0.05) is 55.9 Å². The van der Waals surface area contributed by atoms with Gasteiger partial charge in [-0.25, -0.2) is 4.98 Å². The molecule has 0 saturated carbocycles. The van der Waals surface area contributed by atoms with Gasteiger partial charge in [-0.3, -0.25) is 9.69 Å². The number of aliphatic hydroxyl groups is 1. The molecule has 218 valence electrons. The average molecular weight is 610 g/mol. The van der Waals surface area contributed by atoms with Crippen LogP contribution in [0.4, 0.5) is 42.0 Å². The van der Waals surface area contributed by atoms with Crippen LogP contribution in [0.3, 0.4) is 0 Å². The standard InChI is InChI=1S/C27H28Cl2F3N7O2/c1-3-15-13-38(10-9-33-15)21-8-7-16(11-17(21)23(40)27(30,31)32)35-26-34-12-18-24(36-26)37(2)14-39(25(18)41)22-19(28)5-4-6-20(22)29/h4-8,11-12,15,23,33,40H,3,9-10,13-14H2,1-2H3,(H,34,35,36)/t15-,23?/m0/s1. The molecule has 5 rings (SSSR count). The van der Waals surface area contributed by atoms with E-state index in [2.05, 4.69) is 20.6 Å². The van der Waals surface area contributed by atoms with Crippen LogP contribution >= 0.6 is 23.2 Å². The average Bonchev–Trinajstić information content (AvgIpc) is 2.94. The number of benzene rings is 2. The molecule has 1 amide bonds. The maximum atomic E-state index is 13.7. The number of piperazine rings is 1. The number of nitrogens with one attached hydrogen (secondary N) is 2. The van der Waals surface area contributed by atoms with Crippen molar-refractivity contribution < 1.29 is 23.1 Å². The fourth-order valence-electron chi connectivity index (χ4n) is 5.05. The number of amides is 1. The molecule has 0 radical (unpaired) electrons. The zero-order valence-electron chi connectivity index (χ0n) is 22.2. The number of aliphatic hydroxyl groups excluding tert-OH is 1. The topological polar surface area (TPSA) is 96.9 Å². The van der Waals surface area contributed by atoms with Crippen molar-refractivity contribution in [1.29, 1.82) is 0 Å². The highest BCUT2D eigenvalue weighted by Crippen LogP contribution is 2.40. The summed E-state index contributed by atoms with van der Waals surface area (Å²) in [4.78, 5) is 27.0. The maximum Gasteiger partial charge on any atom is 0.418 e. The molecule has 1 unspecified atom stereocenters. The lowest BCUT2D eigenvalue weighted by atomic mass is 10.0. The first-order valence-electron chi connectivity index (χ1n) is 13.0. The highest BCUT2D eigenvalue weighted by Gasteiger charge is 2.41. The van der Waals surface area contributed by atoms with Crippen LogP contribution in [-0.2, 0) is 0 Å². The van der Waals surface area contributed by atoms with Crippen molar-refractivity contribution in [3.63, 3.8) is 0 Å². The number of rotatable bonds is 6. The number of carbonyl (C=O) groups is 1. The van der Waals surface area contributed by atoms with Gasteiger partial charge in [0.1, 0.15) is 11.4 Å². The highest BCUT2D eigenvalue weighted by atomic mass is 35.5. The molecule has 2 atom stereocenters. The van der Waals surface area contributed by atoms with E-state index in [9.17, 15) is 23.1 Å². The minimum absolute atomic E-state index is 0.0704. The van der Waals surface area contributed by atoms with Crippen LogP contribution < -0.4 is 25.3 Å². The summed E-state index contributed by atoms with van der Waals surface area (Å²) >= 11 is 12.6. The van der Waals surface area contributed by atoms with Gasteiger partial charge in [-0.2, -0.15) is 18.2 Å². The molecule has 2 aromatic carbocycles. The minimum atomic E-state index is -4.85. The van der Waals surface area contributed by atoms with Crippen LogP contribution in [0.1, 0.15) is 35.4 Å². The van der Waals surface area contributed by atoms with Crippen molar-refractivity contribution in [2.75, 3.05) is 53.4 Å². The summed E-state index contributed by atoms with van der Waals surface area (Å²) in [6.45, 7) is 3.75. The molecule has 0 spiro atoms. The first kappa shape index (κ1) is 29.2. The molecule has 2 aliphatic rings.